The largest absolute Gasteiger partial charge is 0.303 e. The SMILES string of the molecule is C=C[C@]12CCCC[C@@H]1[C@H](C=O)CCC2. The summed E-state index contributed by atoms with van der Waals surface area (Å²) in [6, 6.07) is 0. The monoisotopic (exact) mass is 192 g/mol. The summed E-state index contributed by atoms with van der Waals surface area (Å²) in [7, 11) is 0. The van der Waals surface area contributed by atoms with Gasteiger partial charge in [-0.2, -0.15) is 0 Å². The predicted octanol–water partition coefficient (Wildman–Crippen LogP) is 3.35. The average Bonchev–Trinajstić information content (AvgIpc) is 2.28. The summed E-state index contributed by atoms with van der Waals surface area (Å²) in [5.41, 5.74) is 0.322. The molecule has 1 nitrogen and oxygen atoms in total. The Morgan fingerprint density at radius 3 is 2.64 bits per heavy atom. The first kappa shape index (κ1) is 9.95. The smallest absolute Gasteiger partial charge is 0.123 e. The number of hydrogen-bond acceptors (Lipinski definition) is 1. The first-order valence-corrected chi connectivity index (χ1v) is 5.91. The van der Waals surface area contributed by atoms with Crippen LogP contribution in [0.25, 0.3) is 0 Å². The van der Waals surface area contributed by atoms with Crippen LogP contribution in [0.4, 0.5) is 0 Å². The topological polar surface area (TPSA) is 17.1 Å². The molecule has 0 saturated heterocycles. The van der Waals surface area contributed by atoms with Gasteiger partial charge in [0.05, 0.1) is 0 Å². The molecule has 78 valence electrons. The Hall–Kier alpha value is -0.590. The Bertz CT molecular complexity index is 229. The predicted molar refractivity (Wildman–Crippen MR) is 58.0 cm³/mol. The van der Waals surface area contributed by atoms with Gasteiger partial charge in [0.2, 0.25) is 0 Å². The average molecular weight is 192 g/mol. The highest BCUT2D eigenvalue weighted by molar-refractivity contribution is 5.54. The fourth-order valence-corrected chi connectivity index (χ4v) is 3.63. The molecule has 0 aliphatic heterocycles. The Morgan fingerprint density at radius 2 is 1.93 bits per heavy atom. The Labute approximate surface area is 86.6 Å². The quantitative estimate of drug-likeness (QED) is 0.484. The van der Waals surface area contributed by atoms with E-state index in [9.17, 15) is 4.79 Å². The van der Waals surface area contributed by atoms with E-state index in [0.717, 1.165) is 6.42 Å². The van der Waals surface area contributed by atoms with Crippen LogP contribution in [0.5, 0.6) is 0 Å². The minimum atomic E-state index is 0.321. The van der Waals surface area contributed by atoms with E-state index in [4.69, 9.17) is 0 Å². The van der Waals surface area contributed by atoms with Crippen molar-refractivity contribution in [3.63, 3.8) is 0 Å². The third kappa shape index (κ3) is 1.43. The lowest BCUT2D eigenvalue weighted by Crippen LogP contribution is -2.40. The van der Waals surface area contributed by atoms with Gasteiger partial charge in [-0.15, -0.1) is 6.58 Å². The molecular weight excluding hydrogens is 172 g/mol. The molecule has 2 fully saturated rings. The molecule has 0 heterocycles. The van der Waals surface area contributed by atoms with E-state index in [1.165, 1.54) is 44.8 Å². The van der Waals surface area contributed by atoms with Crippen LogP contribution in [-0.4, -0.2) is 6.29 Å². The van der Waals surface area contributed by atoms with E-state index in [2.05, 4.69) is 12.7 Å². The molecule has 1 heteroatoms. The van der Waals surface area contributed by atoms with Crippen molar-refractivity contribution in [3.05, 3.63) is 12.7 Å². The maximum absolute atomic E-state index is 11.0. The van der Waals surface area contributed by atoms with Gasteiger partial charge in [0.1, 0.15) is 6.29 Å². The zero-order chi connectivity index (χ0) is 10.0. The van der Waals surface area contributed by atoms with E-state index in [1.807, 2.05) is 0 Å². The summed E-state index contributed by atoms with van der Waals surface area (Å²) >= 11 is 0. The van der Waals surface area contributed by atoms with Crippen molar-refractivity contribution in [2.45, 2.75) is 44.9 Å². The zero-order valence-electron chi connectivity index (χ0n) is 8.87. The van der Waals surface area contributed by atoms with E-state index >= 15 is 0 Å². The van der Waals surface area contributed by atoms with Crippen LogP contribution in [0.3, 0.4) is 0 Å². The fourth-order valence-electron chi connectivity index (χ4n) is 3.63. The molecule has 0 radical (unpaired) electrons. The summed E-state index contributed by atoms with van der Waals surface area (Å²) in [5.74, 6) is 0.932. The molecule has 0 N–H and O–H groups in total. The first-order chi connectivity index (χ1) is 6.82. The van der Waals surface area contributed by atoms with Crippen molar-refractivity contribution in [1.29, 1.82) is 0 Å². The van der Waals surface area contributed by atoms with Crippen LogP contribution in [0, 0.1) is 17.3 Å². The Kier molecular flexibility index (Phi) is 2.76. The van der Waals surface area contributed by atoms with Crippen LogP contribution in [0.1, 0.15) is 44.9 Å². The van der Waals surface area contributed by atoms with Gasteiger partial charge in [0, 0.05) is 5.92 Å². The van der Waals surface area contributed by atoms with Crippen LogP contribution < -0.4 is 0 Å². The molecule has 0 amide bonds. The third-order valence-electron chi connectivity index (χ3n) is 4.42. The maximum Gasteiger partial charge on any atom is 0.123 e. The number of hydrogen-bond donors (Lipinski definition) is 0. The minimum Gasteiger partial charge on any atom is -0.303 e. The lowest BCUT2D eigenvalue weighted by molar-refractivity contribution is -0.116. The highest BCUT2D eigenvalue weighted by Gasteiger charge is 2.44. The number of rotatable bonds is 2. The van der Waals surface area contributed by atoms with Crippen molar-refractivity contribution in [1.82, 2.24) is 0 Å². The summed E-state index contributed by atoms with van der Waals surface area (Å²) in [6.07, 6.45) is 12.1. The zero-order valence-corrected chi connectivity index (χ0v) is 8.87. The Balaban J connectivity index is 2.23. The molecule has 2 rings (SSSR count). The lowest BCUT2D eigenvalue weighted by Gasteiger charge is -2.48. The maximum atomic E-state index is 11.0. The minimum absolute atomic E-state index is 0.321. The highest BCUT2D eigenvalue weighted by Crippen LogP contribution is 2.52. The normalized spacial score (nSPS) is 42.6. The molecule has 0 aromatic carbocycles. The second kappa shape index (κ2) is 3.88. The lowest BCUT2D eigenvalue weighted by atomic mass is 9.56. The molecule has 0 aromatic rings. The first-order valence-electron chi connectivity index (χ1n) is 5.91. The van der Waals surface area contributed by atoms with Crippen LogP contribution in [0.2, 0.25) is 0 Å². The van der Waals surface area contributed by atoms with Gasteiger partial charge >= 0.3 is 0 Å². The number of carbonyl (C=O) groups excluding carboxylic acids is 1. The molecular formula is C13H20O. The third-order valence-corrected chi connectivity index (χ3v) is 4.42. The van der Waals surface area contributed by atoms with Gasteiger partial charge in [-0.05, 0) is 37.0 Å². The second-order valence-electron chi connectivity index (χ2n) is 4.98. The molecule has 2 aliphatic carbocycles. The van der Waals surface area contributed by atoms with Crippen molar-refractivity contribution in [2.24, 2.45) is 17.3 Å². The van der Waals surface area contributed by atoms with Crippen molar-refractivity contribution in [3.8, 4) is 0 Å². The summed E-state index contributed by atoms with van der Waals surface area (Å²) in [6.45, 7) is 4.01. The van der Waals surface area contributed by atoms with Gasteiger partial charge in [-0.3, -0.25) is 0 Å². The number of aldehydes is 1. The summed E-state index contributed by atoms with van der Waals surface area (Å²) < 4.78 is 0. The molecule has 0 bridgehead atoms. The number of fused-ring (bicyclic) bond motifs is 1. The molecule has 2 saturated carbocycles. The molecule has 0 spiro atoms. The standard InChI is InChI=1S/C13H20O/c1-2-13-8-4-3-7-12(13)11(10-14)6-5-9-13/h2,10-12H,1,3-9H2/t11-,12+,13+/m0/s1. The van der Waals surface area contributed by atoms with Crippen LogP contribution >= 0.6 is 0 Å². The van der Waals surface area contributed by atoms with Crippen molar-refractivity contribution in [2.75, 3.05) is 0 Å². The number of carbonyl (C=O) groups is 1. The van der Waals surface area contributed by atoms with Crippen LogP contribution in [0.15, 0.2) is 12.7 Å². The van der Waals surface area contributed by atoms with Crippen LogP contribution in [-0.2, 0) is 4.79 Å². The van der Waals surface area contributed by atoms with E-state index in [-0.39, 0.29) is 0 Å². The molecule has 14 heavy (non-hydrogen) atoms. The van der Waals surface area contributed by atoms with E-state index < -0.39 is 0 Å². The van der Waals surface area contributed by atoms with Gasteiger partial charge < -0.3 is 4.79 Å². The van der Waals surface area contributed by atoms with Gasteiger partial charge in [-0.1, -0.05) is 25.3 Å². The van der Waals surface area contributed by atoms with E-state index in [1.54, 1.807) is 0 Å². The highest BCUT2D eigenvalue weighted by atomic mass is 16.1. The summed E-state index contributed by atoms with van der Waals surface area (Å²) in [5, 5.41) is 0. The second-order valence-corrected chi connectivity index (χ2v) is 4.98. The fraction of sp³-hybridized carbons (Fsp3) is 0.769. The summed E-state index contributed by atoms with van der Waals surface area (Å²) in [4.78, 5) is 11.0. The molecule has 3 atom stereocenters. The molecule has 0 unspecified atom stereocenters. The molecule has 0 aromatic heterocycles. The van der Waals surface area contributed by atoms with Crippen molar-refractivity contribution < 1.29 is 4.79 Å². The Morgan fingerprint density at radius 1 is 1.14 bits per heavy atom. The van der Waals surface area contributed by atoms with Gasteiger partial charge in [0.15, 0.2) is 0 Å². The van der Waals surface area contributed by atoms with Gasteiger partial charge in [-0.25, -0.2) is 0 Å². The number of allylic oxidation sites excluding steroid dienone is 1. The molecule has 2 aliphatic rings. The van der Waals surface area contributed by atoms with Gasteiger partial charge in [0.25, 0.3) is 0 Å². The van der Waals surface area contributed by atoms with Crippen molar-refractivity contribution >= 4 is 6.29 Å². The van der Waals surface area contributed by atoms with E-state index in [0.29, 0.717) is 17.3 Å².